The fraction of sp³-hybridized carbons (Fsp3) is 0.562. The molecule has 2 bridgehead atoms. The number of para-hydroxylation sites is 2. The smallest absolute Gasteiger partial charge is 0.191 e. The fourth-order valence-corrected chi connectivity index (χ4v) is 3.99. The van der Waals surface area contributed by atoms with Crippen LogP contribution in [0.1, 0.15) is 25.7 Å². The molecule has 0 saturated heterocycles. The third-order valence-corrected chi connectivity index (χ3v) is 4.93. The summed E-state index contributed by atoms with van der Waals surface area (Å²) >= 11 is 0. The molecule has 1 heterocycles. The Morgan fingerprint density at radius 1 is 1.11 bits per heavy atom. The summed E-state index contributed by atoms with van der Waals surface area (Å²) in [6.07, 6.45) is 4.47. The topological polar surface area (TPSA) is 35.5 Å². The second kappa shape index (κ2) is 4.26. The van der Waals surface area contributed by atoms with Gasteiger partial charge in [0.15, 0.2) is 23.4 Å². The van der Waals surface area contributed by atoms with E-state index in [4.69, 9.17) is 9.47 Å². The van der Waals surface area contributed by atoms with Gasteiger partial charge in [0.05, 0.1) is 0 Å². The van der Waals surface area contributed by atoms with Crippen LogP contribution in [0.25, 0.3) is 0 Å². The second-order valence-electron chi connectivity index (χ2n) is 6.05. The SMILES string of the molecule is O=C(C1COc2ccccc2O1)C1CC2CCC1C2. The van der Waals surface area contributed by atoms with Gasteiger partial charge in [-0.3, -0.25) is 4.79 Å². The summed E-state index contributed by atoms with van der Waals surface area (Å²) in [5.41, 5.74) is 0. The number of rotatable bonds is 2. The van der Waals surface area contributed by atoms with Gasteiger partial charge in [-0.1, -0.05) is 18.6 Å². The zero-order chi connectivity index (χ0) is 12.8. The standard InChI is InChI=1S/C16H18O3/c17-16(12-8-10-5-6-11(12)7-10)15-9-18-13-3-1-2-4-14(13)19-15/h1-4,10-12,15H,5-9H2. The van der Waals surface area contributed by atoms with Crippen LogP contribution in [0.5, 0.6) is 11.5 Å². The molecule has 1 aromatic carbocycles. The average Bonchev–Trinajstić information content (AvgIpc) is 3.08. The van der Waals surface area contributed by atoms with Crippen LogP contribution in [0, 0.1) is 17.8 Å². The molecule has 4 rings (SSSR count). The highest BCUT2D eigenvalue weighted by Crippen LogP contribution is 2.49. The predicted molar refractivity (Wildman–Crippen MR) is 70.3 cm³/mol. The zero-order valence-corrected chi connectivity index (χ0v) is 10.9. The summed E-state index contributed by atoms with van der Waals surface area (Å²) in [5.74, 6) is 3.34. The lowest BCUT2D eigenvalue weighted by atomic mass is 9.84. The minimum atomic E-state index is -0.403. The van der Waals surface area contributed by atoms with Gasteiger partial charge in [-0.25, -0.2) is 0 Å². The molecule has 1 aliphatic heterocycles. The largest absolute Gasteiger partial charge is 0.485 e. The number of carbonyl (C=O) groups excluding carboxylic acids is 1. The molecule has 1 aromatic rings. The monoisotopic (exact) mass is 258 g/mol. The van der Waals surface area contributed by atoms with Crippen molar-refractivity contribution in [1.29, 1.82) is 0 Å². The van der Waals surface area contributed by atoms with Gasteiger partial charge in [0.2, 0.25) is 0 Å². The first-order valence-electron chi connectivity index (χ1n) is 7.23. The summed E-state index contributed by atoms with van der Waals surface area (Å²) in [7, 11) is 0. The van der Waals surface area contributed by atoms with Crippen molar-refractivity contribution in [2.45, 2.75) is 31.8 Å². The van der Waals surface area contributed by atoms with Gasteiger partial charge < -0.3 is 9.47 Å². The molecule has 0 spiro atoms. The lowest BCUT2D eigenvalue weighted by molar-refractivity contribution is -0.133. The van der Waals surface area contributed by atoms with Crippen molar-refractivity contribution in [1.82, 2.24) is 0 Å². The lowest BCUT2D eigenvalue weighted by Gasteiger charge is -2.29. The quantitative estimate of drug-likeness (QED) is 0.818. The molecular formula is C16H18O3. The van der Waals surface area contributed by atoms with E-state index in [1.807, 2.05) is 24.3 Å². The molecule has 2 saturated carbocycles. The molecule has 4 atom stereocenters. The maximum absolute atomic E-state index is 12.6. The summed E-state index contributed by atoms with van der Waals surface area (Å²) in [6.45, 7) is 0.365. The fourth-order valence-electron chi connectivity index (χ4n) is 3.99. The van der Waals surface area contributed by atoms with Crippen molar-refractivity contribution in [2.75, 3.05) is 6.61 Å². The predicted octanol–water partition coefficient (Wildman–Crippen LogP) is 2.83. The molecule has 0 amide bonds. The first-order chi connectivity index (χ1) is 9.31. The van der Waals surface area contributed by atoms with Crippen molar-refractivity contribution in [3.63, 3.8) is 0 Å². The van der Waals surface area contributed by atoms with Gasteiger partial charge >= 0.3 is 0 Å². The number of hydrogen-bond acceptors (Lipinski definition) is 3. The Kier molecular flexibility index (Phi) is 2.54. The number of ether oxygens (including phenoxy) is 2. The third-order valence-electron chi connectivity index (χ3n) is 4.93. The number of fused-ring (bicyclic) bond motifs is 3. The van der Waals surface area contributed by atoms with Gasteiger partial charge in [0, 0.05) is 5.92 Å². The highest BCUT2D eigenvalue weighted by Gasteiger charge is 2.46. The Morgan fingerprint density at radius 3 is 2.68 bits per heavy atom. The molecule has 4 unspecified atom stereocenters. The highest BCUT2D eigenvalue weighted by atomic mass is 16.6. The van der Waals surface area contributed by atoms with Crippen molar-refractivity contribution in [3.05, 3.63) is 24.3 Å². The number of carbonyl (C=O) groups is 1. The van der Waals surface area contributed by atoms with Gasteiger partial charge in [-0.05, 0) is 43.2 Å². The Bertz CT molecular complexity index is 510. The van der Waals surface area contributed by atoms with E-state index < -0.39 is 6.10 Å². The van der Waals surface area contributed by atoms with Crippen LogP contribution >= 0.6 is 0 Å². The highest BCUT2D eigenvalue weighted by molar-refractivity contribution is 5.87. The first-order valence-corrected chi connectivity index (χ1v) is 7.23. The summed E-state index contributed by atoms with van der Waals surface area (Å²) in [6, 6.07) is 7.58. The van der Waals surface area contributed by atoms with E-state index in [0.717, 1.165) is 18.1 Å². The van der Waals surface area contributed by atoms with Crippen LogP contribution in [0.2, 0.25) is 0 Å². The number of ketones is 1. The van der Waals surface area contributed by atoms with Crippen LogP contribution in [-0.2, 0) is 4.79 Å². The van der Waals surface area contributed by atoms with Gasteiger partial charge in [0.25, 0.3) is 0 Å². The molecule has 2 fully saturated rings. The molecule has 100 valence electrons. The van der Waals surface area contributed by atoms with Gasteiger partial charge in [-0.2, -0.15) is 0 Å². The molecule has 3 heteroatoms. The molecule has 19 heavy (non-hydrogen) atoms. The summed E-state index contributed by atoms with van der Waals surface area (Å²) in [5, 5.41) is 0. The van der Waals surface area contributed by atoms with Crippen molar-refractivity contribution in [2.24, 2.45) is 17.8 Å². The number of Topliss-reactive ketones (excluding diaryl/α,β-unsaturated/α-hetero) is 1. The van der Waals surface area contributed by atoms with E-state index in [2.05, 4.69) is 0 Å². The normalized spacial score (nSPS) is 35.4. The summed E-state index contributed by atoms with van der Waals surface area (Å²) in [4.78, 5) is 12.6. The van der Waals surface area contributed by atoms with Gasteiger partial charge in [-0.15, -0.1) is 0 Å². The second-order valence-corrected chi connectivity index (χ2v) is 6.05. The van der Waals surface area contributed by atoms with Crippen molar-refractivity contribution in [3.8, 4) is 11.5 Å². The Labute approximate surface area is 112 Å². The minimum Gasteiger partial charge on any atom is -0.485 e. The van der Waals surface area contributed by atoms with Crippen LogP contribution in [-0.4, -0.2) is 18.5 Å². The van der Waals surface area contributed by atoms with E-state index in [1.54, 1.807) is 0 Å². The molecule has 0 N–H and O–H groups in total. The maximum atomic E-state index is 12.6. The molecule has 0 radical (unpaired) electrons. The maximum Gasteiger partial charge on any atom is 0.191 e. The number of benzene rings is 1. The van der Waals surface area contributed by atoms with E-state index in [-0.39, 0.29) is 11.7 Å². The van der Waals surface area contributed by atoms with Crippen molar-refractivity contribution >= 4 is 5.78 Å². The number of hydrogen-bond donors (Lipinski definition) is 0. The molecule has 2 aliphatic carbocycles. The Hall–Kier alpha value is -1.51. The Balaban J connectivity index is 1.50. The van der Waals surface area contributed by atoms with Crippen LogP contribution in [0.4, 0.5) is 0 Å². The lowest BCUT2D eigenvalue weighted by Crippen LogP contribution is -2.41. The zero-order valence-electron chi connectivity index (χ0n) is 10.9. The summed E-state index contributed by atoms with van der Waals surface area (Å²) < 4.78 is 11.5. The average molecular weight is 258 g/mol. The van der Waals surface area contributed by atoms with E-state index in [1.165, 1.54) is 19.3 Å². The van der Waals surface area contributed by atoms with Crippen LogP contribution in [0.15, 0.2) is 24.3 Å². The molecular weight excluding hydrogens is 240 g/mol. The van der Waals surface area contributed by atoms with Crippen molar-refractivity contribution < 1.29 is 14.3 Å². The van der Waals surface area contributed by atoms with Gasteiger partial charge in [0.1, 0.15) is 6.61 Å². The van der Waals surface area contributed by atoms with E-state index in [0.29, 0.717) is 18.3 Å². The first kappa shape index (κ1) is 11.3. The van der Waals surface area contributed by atoms with E-state index in [9.17, 15) is 4.79 Å². The molecule has 3 aliphatic rings. The third kappa shape index (κ3) is 1.83. The molecule has 3 nitrogen and oxygen atoms in total. The van der Waals surface area contributed by atoms with Crippen LogP contribution in [0.3, 0.4) is 0 Å². The van der Waals surface area contributed by atoms with Crippen LogP contribution < -0.4 is 9.47 Å². The molecule has 0 aromatic heterocycles. The minimum absolute atomic E-state index is 0.220. The Morgan fingerprint density at radius 2 is 1.95 bits per heavy atom. The van der Waals surface area contributed by atoms with E-state index >= 15 is 0 Å².